The molecule has 1 nitrogen and oxygen atoms in total. The first-order valence-corrected chi connectivity index (χ1v) is 5.34. The molecular weight excluding hydrogens is 260 g/mol. The van der Waals surface area contributed by atoms with Crippen molar-refractivity contribution in [3.8, 4) is 11.1 Å². The highest BCUT2D eigenvalue weighted by Crippen LogP contribution is 2.37. The number of rotatable bonds is 2. The molecule has 0 aromatic heterocycles. The molecule has 2 aromatic carbocycles. The Bertz CT molecular complexity index is 600. The Morgan fingerprint density at radius 3 is 2.11 bits per heavy atom. The molecule has 2 aromatic rings. The smallest absolute Gasteiger partial charge is 0.298 e. The molecule has 0 saturated carbocycles. The van der Waals surface area contributed by atoms with Crippen LogP contribution < -0.4 is 0 Å². The third kappa shape index (κ3) is 2.81. The molecule has 0 aliphatic heterocycles. The molecule has 0 bridgehead atoms. The zero-order chi connectivity index (χ0) is 14.0. The number of alkyl halides is 3. The second kappa shape index (κ2) is 4.84. The van der Waals surface area contributed by atoms with Gasteiger partial charge in [-0.25, -0.2) is 4.39 Å². The molecule has 0 spiro atoms. The quantitative estimate of drug-likeness (QED) is 0.585. The third-order valence-corrected chi connectivity index (χ3v) is 2.64. The van der Waals surface area contributed by atoms with Crippen molar-refractivity contribution in [3.63, 3.8) is 0 Å². The minimum absolute atomic E-state index is 0.0572. The molecular formula is C14H8F4O. The number of hydrogen-bond acceptors (Lipinski definition) is 1. The molecule has 98 valence electrons. The van der Waals surface area contributed by atoms with Gasteiger partial charge in [0, 0.05) is 5.56 Å². The summed E-state index contributed by atoms with van der Waals surface area (Å²) in [6.07, 6.45) is -4.23. The Labute approximate surface area is 106 Å². The number of aldehydes is 1. The summed E-state index contributed by atoms with van der Waals surface area (Å²) in [6, 6.07) is 7.99. The van der Waals surface area contributed by atoms with Gasteiger partial charge in [0.2, 0.25) is 0 Å². The lowest BCUT2D eigenvalue weighted by molar-refractivity contribution is -0.137. The van der Waals surface area contributed by atoms with E-state index in [2.05, 4.69) is 0 Å². The number of hydrogen-bond donors (Lipinski definition) is 0. The van der Waals surface area contributed by atoms with Crippen molar-refractivity contribution in [1.82, 2.24) is 0 Å². The lowest BCUT2D eigenvalue weighted by Gasteiger charge is -2.13. The van der Waals surface area contributed by atoms with Crippen molar-refractivity contribution >= 4 is 6.29 Å². The Kier molecular flexibility index (Phi) is 3.38. The van der Waals surface area contributed by atoms with Crippen LogP contribution in [0.4, 0.5) is 17.6 Å². The predicted molar refractivity (Wildman–Crippen MR) is 62.2 cm³/mol. The zero-order valence-electron chi connectivity index (χ0n) is 9.54. The van der Waals surface area contributed by atoms with Crippen LogP contribution in [0.15, 0.2) is 42.5 Å². The molecule has 0 N–H and O–H groups in total. The lowest BCUT2D eigenvalue weighted by Crippen LogP contribution is -2.08. The topological polar surface area (TPSA) is 17.1 Å². The molecule has 19 heavy (non-hydrogen) atoms. The average Bonchev–Trinajstić information content (AvgIpc) is 2.38. The van der Waals surface area contributed by atoms with Gasteiger partial charge < -0.3 is 0 Å². The van der Waals surface area contributed by atoms with E-state index in [1.54, 1.807) is 0 Å². The fourth-order valence-electron chi connectivity index (χ4n) is 1.75. The molecule has 0 amide bonds. The third-order valence-electron chi connectivity index (χ3n) is 2.64. The van der Waals surface area contributed by atoms with E-state index in [1.807, 2.05) is 0 Å². The molecule has 0 unspecified atom stereocenters. The highest BCUT2D eigenvalue weighted by Gasteiger charge is 2.33. The number of carbonyl (C=O) groups is 1. The SMILES string of the molecule is O=Cc1ccc(-c2ccc(F)cc2)c(C(F)(F)F)c1. The van der Waals surface area contributed by atoms with Gasteiger partial charge in [0.25, 0.3) is 0 Å². The summed E-state index contributed by atoms with van der Waals surface area (Å²) >= 11 is 0. The van der Waals surface area contributed by atoms with Crippen LogP contribution >= 0.6 is 0 Å². The second-order valence-electron chi connectivity index (χ2n) is 3.93. The van der Waals surface area contributed by atoms with Gasteiger partial charge in [-0.3, -0.25) is 4.79 Å². The van der Waals surface area contributed by atoms with Gasteiger partial charge in [0.05, 0.1) is 5.56 Å². The molecule has 2 rings (SSSR count). The van der Waals surface area contributed by atoms with Crippen LogP contribution in [0.1, 0.15) is 15.9 Å². The van der Waals surface area contributed by atoms with E-state index in [9.17, 15) is 22.4 Å². The molecule has 0 aliphatic rings. The molecule has 0 saturated heterocycles. The van der Waals surface area contributed by atoms with Crippen LogP contribution in [0, 0.1) is 5.82 Å². The first kappa shape index (κ1) is 13.3. The molecule has 0 fully saturated rings. The maximum Gasteiger partial charge on any atom is 0.417 e. The first-order valence-electron chi connectivity index (χ1n) is 5.34. The van der Waals surface area contributed by atoms with Crippen molar-refractivity contribution in [2.45, 2.75) is 6.18 Å². The maximum absolute atomic E-state index is 12.9. The predicted octanol–water partition coefficient (Wildman–Crippen LogP) is 4.32. The van der Waals surface area contributed by atoms with Crippen LogP contribution in [-0.2, 0) is 6.18 Å². The standard InChI is InChI=1S/C14H8F4O/c15-11-4-2-10(3-5-11)12-6-1-9(8-19)7-13(12)14(16,17)18/h1-8H. The molecule has 0 radical (unpaired) electrons. The Hall–Kier alpha value is -2.17. The summed E-state index contributed by atoms with van der Waals surface area (Å²) in [5.41, 5.74) is -0.814. The van der Waals surface area contributed by atoms with E-state index in [-0.39, 0.29) is 16.7 Å². The minimum Gasteiger partial charge on any atom is -0.298 e. The highest BCUT2D eigenvalue weighted by atomic mass is 19.4. The zero-order valence-corrected chi connectivity index (χ0v) is 9.54. The van der Waals surface area contributed by atoms with Gasteiger partial charge >= 0.3 is 6.18 Å². The van der Waals surface area contributed by atoms with Crippen molar-refractivity contribution in [1.29, 1.82) is 0 Å². The van der Waals surface area contributed by atoms with Crippen molar-refractivity contribution < 1.29 is 22.4 Å². The van der Waals surface area contributed by atoms with Gasteiger partial charge in [-0.2, -0.15) is 13.2 Å². The van der Waals surface area contributed by atoms with Gasteiger partial charge in [-0.15, -0.1) is 0 Å². The summed E-state index contributed by atoms with van der Waals surface area (Å²) in [5, 5.41) is 0. The van der Waals surface area contributed by atoms with E-state index in [4.69, 9.17) is 0 Å². The van der Waals surface area contributed by atoms with Gasteiger partial charge in [0.1, 0.15) is 12.1 Å². The summed E-state index contributed by atoms with van der Waals surface area (Å²) in [4.78, 5) is 10.6. The van der Waals surface area contributed by atoms with Crippen molar-refractivity contribution in [2.75, 3.05) is 0 Å². The number of benzene rings is 2. The van der Waals surface area contributed by atoms with Crippen molar-refractivity contribution in [3.05, 3.63) is 59.4 Å². The summed E-state index contributed by atoms with van der Waals surface area (Å²) in [7, 11) is 0. The van der Waals surface area contributed by atoms with Crippen LogP contribution in [0.3, 0.4) is 0 Å². The normalized spacial score (nSPS) is 11.4. The van der Waals surface area contributed by atoms with Crippen LogP contribution in [0.2, 0.25) is 0 Å². The summed E-state index contributed by atoms with van der Waals surface area (Å²) < 4.78 is 51.6. The largest absolute Gasteiger partial charge is 0.417 e. The number of halogens is 4. The highest BCUT2D eigenvalue weighted by molar-refractivity contribution is 5.79. The fourth-order valence-corrected chi connectivity index (χ4v) is 1.75. The average molecular weight is 268 g/mol. The lowest BCUT2D eigenvalue weighted by atomic mass is 9.97. The van der Waals surface area contributed by atoms with E-state index in [0.717, 1.165) is 18.2 Å². The minimum atomic E-state index is -4.58. The van der Waals surface area contributed by atoms with E-state index < -0.39 is 17.6 Å². The molecule has 0 atom stereocenters. The Morgan fingerprint density at radius 1 is 0.947 bits per heavy atom. The van der Waals surface area contributed by atoms with Crippen LogP contribution in [0.25, 0.3) is 11.1 Å². The fraction of sp³-hybridized carbons (Fsp3) is 0.0714. The van der Waals surface area contributed by atoms with Gasteiger partial charge in [0.15, 0.2) is 0 Å². The monoisotopic (exact) mass is 268 g/mol. The first-order chi connectivity index (χ1) is 8.91. The van der Waals surface area contributed by atoms with E-state index in [1.165, 1.54) is 24.3 Å². The molecule has 0 heterocycles. The van der Waals surface area contributed by atoms with E-state index in [0.29, 0.717) is 6.29 Å². The molecule has 0 aliphatic carbocycles. The molecule has 5 heteroatoms. The summed E-state index contributed by atoms with van der Waals surface area (Å²) in [5.74, 6) is -0.526. The van der Waals surface area contributed by atoms with E-state index >= 15 is 0 Å². The van der Waals surface area contributed by atoms with Crippen molar-refractivity contribution in [2.24, 2.45) is 0 Å². The van der Waals surface area contributed by atoms with Gasteiger partial charge in [-0.1, -0.05) is 24.3 Å². The van der Waals surface area contributed by atoms with Gasteiger partial charge in [-0.05, 0) is 29.3 Å². The number of carbonyl (C=O) groups excluding carboxylic acids is 1. The van der Waals surface area contributed by atoms with Crippen LogP contribution in [-0.4, -0.2) is 6.29 Å². The Morgan fingerprint density at radius 2 is 1.58 bits per heavy atom. The van der Waals surface area contributed by atoms with Crippen LogP contribution in [0.5, 0.6) is 0 Å². The summed E-state index contributed by atoms with van der Waals surface area (Å²) in [6.45, 7) is 0. The Balaban J connectivity index is 2.62. The maximum atomic E-state index is 12.9. The second-order valence-corrected chi connectivity index (χ2v) is 3.93.